The normalized spacial score (nSPS) is 14.0. The van der Waals surface area contributed by atoms with Crippen molar-refractivity contribution in [1.82, 2.24) is 5.32 Å². The van der Waals surface area contributed by atoms with Crippen molar-refractivity contribution in [1.29, 1.82) is 0 Å². The highest BCUT2D eigenvalue weighted by Gasteiger charge is 2.32. The van der Waals surface area contributed by atoms with E-state index in [0.717, 1.165) is 11.6 Å². The third-order valence-electron chi connectivity index (χ3n) is 4.11. The van der Waals surface area contributed by atoms with Gasteiger partial charge in [0.1, 0.15) is 5.75 Å². The van der Waals surface area contributed by atoms with Gasteiger partial charge in [-0.3, -0.25) is 4.79 Å². The van der Waals surface area contributed by atoms with Crippen LogP contribution < -0.4 is 5.32 Å². The van der Waals surface area contributed by atoms with Crippen LogP contribution in [-0.2, 0) is 11.0 Å². The van der Waals surface area contributed by atoms with Gasteiger partial charge in [-0.25, -0.2) is 0 Å². The van der Waals surface area contributed by atoms with E-state index in [9.17, 15) is 23.1 Å². The van der Waals surface area contributed by atoms with E-state index in [4.69, 9.17) is 0 Å². The Balaban J connectivity index is 2.06. The van der Waals surface area contributed by atoms with Crippen LogP contribution in [-0.4, -0.2) is 17.6 Å². The predicted molar refractivity (Wildman–Crippen MR) is 89.4 cm³/mol. The number of nitrogens with one attached hydrogen (secondary N) is 1. The molecule has 0 aliphatic heterocycles. The molecule has 0 aromatic heterocycles. The topological polar surface area (TPSA) is 49.3 Å². The van der Waals surface area contributed by atoms with Gasteiger partial charge in [-0.2, -0.15) is 13.2 Å². The minimum Gasteiger partial charge on any atom is -0.508 e. The summed E-state index contributed by atoms with van der Waals surface area (Å²) >= 11 is 0. The second-order valence-corrected chi connectivity index (χ2v) is 6.09. The molecule has 2 N–H and O–H groups in total. The SMILES string of the molecule is C[C@@H](CNC(=O)[C@H](C)c1cc(O)cc(C(F)(F)F)c1)c1ccccc1. The van der Waals surface area contributed by atoms with E-state index < -0.39 is 23.4 Å². The van der Waals surface area contributed by atoms with Gasteiger partial charge in [0.25, 0.3) is 0 Å². The third kappa shape index (κ3) is 4.98. The summed E-state index contributed by atoms with van der Waals surface area (Å²) < 4.78 is 38.5. The standard InChI is InChI=1S/C19H20F3NO2/c1-12(14-6-4-3-5-7-14)11-23-18(25)13(2)15-8-16(19(20,21)22)10-17(24)9-15/h3-10,12-13,24H,11H2,1-2H3,(H,23,25)/t12-,13+/m0/s1. The van der Waals surface area contributed by atoms with E-state index in [2.05, 4.69) is 5.32 Å². The first kappa shape index (κ1) is 18.8. The molecule has 3 nitrogen and oxygen atoms in total. The molecular weight excluding hydrogens is 331 g/mol. The molecule has 0 saturated heterocycles. The Hall–Kier alpha value is -2.50. The summed E-state index contributed by atoms with van der Waals surface area (Å²) in [5, 5.41) is 12.3. The first-order chi connectivity index (χ1) is 11.7. The maximum atomic E-state index is 12.8. The largest absolute Gasteiger partial charge is 0.508 e. The predicted octanol–water partition coefficient (Wildman–Crippen LogP) is 4.43. The number of benzene rings is 2. The number of phenols is 1. The summed E-state index contributed by atoms with van der Waals surface area (Å²) in [6.45, 7) is 3.84. The Morgan fingerprint density at radius 2 is 1.72 bits per heavy atom. The molecular formula is C19H20F3NO2. The minimum absolute atomic E-state index is 0.0762. The minimum atomic E-state index is -4.58. The monoisotopic (exact) mass is 351 g/mol. The number of amides is 1. The molecule has 2 aromatic rings. The molecule has 1 amide bonds. The average molecular weight is 351 g/mol. The number of hydrogen-bond donors (Lipinski definition) is 2. The Bertz CT molecular complexity index is 729. The summed E-state index contributed by atoms with van der Waals surface area (Å²) in [6.07, 6.45) is -4.58. The fraction of sp³-hybridized carbons (Fsp3) is 0.316. The molecule has 0 aliphatic carbocycles. The molecule has 0 unspecified atom stereocenters. The Labute approximate surface area is 144 Å². The van der Waals surface area contributed by atoms with Crippen LogP contribution in [0.4, 0.5) is 13.2 Å². The van der Waals surface area contributed by atoms with E-state index in [1.165, 1.54) is 13.0 Å². The quantitative estimate of drug-likeness (QED) is 0.837. The van der Waals surface area contributed by atoms with Crippen molar-refractivity contribution in [3.63, 3.8) is 0 Å². The number of aromatic hydroxyl groups is 1. The lowest BCUT2D eigenvalue weighted by atomic mass is 9.96. The van der Waals surface area contributed by atoms with Crippen molar-refractivity contribution in [3.8, 4) is 5.75 Å². The highest BCUT2D eigenvalue weighted by atomic mass is 19.4. The van der Waals surface area contributed by atoms with Crippen LogP contribution in [0.3, 0.4) is 0 Å². The molecule has 2 rings (SSSR count). The van der Waals surface area contributed by atoms with Crippen molar-refractivity contribution >= 4 is 5.91 Å². The highest BCUT2D eigenvalue weighted by Crippen LogP contribution is 2.34. The zero-order chi connectivity index (χ0) is 18.6. The summed E-state index contributed by atoms with van der Waals surface area (Å²) in [6, 6.07) is 12.3. The van der Waals surface area contributed by atoms with Crippen LogP contribution in [0, 0.1) is 0 Å². The lowest BCUT2D eigenvalue weighted by Crippen LogP contribution is -2.31. The molecule has 2 atom stereocenters. The van der Waals surface area contributed by atoms with Crippen LogP contribution in [0.15, 0.2) is 48.5 Å². The molecule has 6 heteroatoms. The molecule has 0 heterocycles. The molecule has 25 heavy (non-hydrogen) atoms. The number of halogens is 3. The number of phenolic OH excluding ortho intramolecular Hbond substituents is 1. The van der Waals surface area contributed by atoms with Gasteiger partial charge in [0.2, 0.25) is 5.91 Å². The molecule has 134 valence electrons. The van der Waals surface area contributed by atoms with E-state index in [0.29, 0.717) is 12.6 Å². The number of alkyl halides is 3. The van der Waals surface area contributed by atoms with Gasteiger partial charge in [-0.1, -0.05) is 37.3 Å². The molecule has 0 spiro atoms. The van der Waals surface area contributed by atoms with Crippen molar-refractivity contribution < 1.29 is 23.1 Å². The fourth-order valence-electron chi connectivity index (χ4n) is 2.51. The molecule has 0 radical (unpaired) electrons. The summed E-state index contributed by atoms with van der Waals surface area (Å²) in [5.74, 6) is -1.63. The Kier molecular flexibility index (Phi) is 5.72. The van der Waals surface area contributed by atoms with Crippen LogP contribution in [0.1, 0.15) is 42.4 Å². The molecule has 0 saturated carbocycles. The second kappa shape index (κ2) is 7.59. The van der Waals surface area contributed by atoms with Crippen molar-refractivity contribution in [2.45, 2.75) is 31.9 Å². The van der Waals surface area contributed by atoms with E-state index in [-0.39, 0.29) is 17.4 Å². The lowest BCUT2D eigenvalue weighted by Gasteiger charge is -2.18. The summed E-state index contributed by atoms with van der Waals surface area (Å²) in [7, 11) is 0. The van der Waals surface area contributed by atoms with Gasteiger partial charge in [0.05, 0.1) is 11.5 Å². The second-order valence-electron chi connectivity index (χ2n) is 6.09. The molecule has 2 aromatic carbocycles. The maximum absolute atomic E-state index is 12.8. The van der Waals surface area contributed by atoms with Gasteiger partial charge in [0, 0.05) is 6.54 Å². The van der Waals surface area contributed by atoms with Gasteiger partial charge < -0.3 is 10.4 Å². The van der Waals surface area contributed by atoms with Gasteiger partial charge in [-0.15, -0.1) is 0 Å². The van der Waals surface area contributed by atoms with E-state index in [1.807, 2.05) is 37.3 Å². The van der Waals surface area contributed by atoms with Crippen LogP contribution >= 0.6 is 0 Å². The third-order valence-corrected chi connectivity index (χ3v) is 4.11. The molecule has 0 aliphatic rings. The fourth-order valence-corrected chi connectivity index (χ4v) is 2.51. The first-order valence-electron chi connectivity index (χ1n) is 7.92. The zero-order valence-corrected chi connectivity index (χ0v) is 14.0. The number of carbonyl (C=O) groups excluding carboxylic acids is 1. The summed E-state index contributed by atoms with van der Waals surface area (Å²) in [4.78, 5) is 12.3. The van der Waals surface area contributed by atoms with Gasteiger partial charge in [-0.05, 0) is 42.2 Å². The zero-order valence-electron chi connectivity index (χ0n) is 14.0. The van der Waals surface area contributed by atoms with Crippen molar-refractivity contribution in [2.24, 2.45) is 0 Å². The van der Waals surface area contributed by atoms with Crippen LogP contribution in [0.25, 0.3) is 0 Å². The van der Waals surface area contributed by atoms with Gasteiger partial charge in [0.15, 0.2) is 0 Å². The van der Waals surface area contributed by atoms with E-state index in [1.54, 1.807) is 0 Å². The van der Waals surface area contributed by atoms with Crippen LogP contribution in [0.5, 0.6) is 5.75 Å². The van der Waals surface area contributed by atoms with E-state index >= 15 is 0 Å². The highest BCUT2D eigenvalue weighted by molar-refractivity contribution is 5.83. The Morgan fingerprint density at radius 1 is 1.08 bits per heavy atom. The summed E-state index contributed by atoms with van der Waals surface area (Å²) in [5.41, 5.74) is 0.212. The molecule has 0 fully saturated rings. The van der Waals surface area contributed by atoms with Crippen LogP contribution in [0.2, 0.25) is 0 Å². The number of carbonyl (C=O) groups is 1. The van der Waals surface area contributed by atoms with Gasteiger partial charge >= 0.3 is 6.18 Å². The van der Waals surface area contributed by atoms with Crippen molar-refractivity contribution in [2.75, 3.05) is 6.54 Å². The smallest absolute Gasteiger partial charge is 0.416 e. The first-order valence-corrected chi connectivity index (χ1v) is 7.92. The Morgan fingerprint density at radius 3 is 2.32 bits per heavy atom. The molecule has 0 bridgehead atoms. The maximum Gasteiger partial charge on any atom is 0.416 e. The lowest BCUT2D eigenvalue weighted by molar-refractivity contribution is -0.137. The van der Waals surface area contributed by atoms with Crippen molar-refractivity contribution in [3.05, 3.63) is 65.2 Å². The average Bonchev–Trinajstić information content (AvgIpc) is 2.58. The number of rotatable bonds is 5. The number of hydrogen-bond acceptors (Lipinski definition) is 2.